The topological polar surface area (TPSA) is 87.1 Å². The number of anilines is 2. The summed E-state index contributed by atoms with van der Waals surface area (Å²) in [4.78, 5) is 21.0. The monoisotopic (exact) mass is 398 g/mol. The molecule has 2 aromatic heterocycles. The molecule has 4 aromatic rings. The molecule has 0 amide bonds. The number of fused-ring (bicyclic) bond motifs is 1. The number of para-hydroxylation sites is 1. The molecular weight excluding hydrogens is 383 g/mol. The number of nitrogens with zero attached hydrogens (tertiary/aromatic N) is 3. The minimum absolute atomic E-state index is 0.255. The molecule has 0 fully saturated rings. The third-order valence-corrected chi connectivity index (χ3v) is 4.42. The zero-order valence-electron chi connectivity index (χ0n) is 14.6. The van der Waals surface area contributed by atoms with Gasteiger partial charge >= 0.3 is 0 Å². The maximum Gasteiger partial charge on any atom is 0.274 e. The van der Waals surface area contributed by atoms with Crippen molar-refractivity contribution in [1.82, 2.24) is 19.6 Å². The van der Waals surface area contributed by atoms with E-state index in [9.17, 15) is 9.18 Å². The van der Waals surface area contributed by atoms with Gasteiger partial charge in [-0.2, -0.15) is 9.50 Å². The van der Waals surface area contributed by atoms with Crippen LogP contribution in [0.3, 0.4) is 0 Å². The highest BCUT2D eigenvalue weighted by atomic mass is 35.5. The van der Waals surface area contributed by atoms with Crippen molar-refractivity contribution >= 4 is 29.0 Å². The van der Waals surface area contributed by atoms with Gasteiger partial charge in [0.25, 0.3) is 11.3 Å². The number of aromatic nitrogens is 4. The van der Waals surface area contributed by atoms with Gasteiger partial charge in [-0.1, -0.05) is 35.9 Å². The van der Waals surface area contributed by atoms with Crippen LogP contribution in [0.15, 0.2) is 59.4 Å². The number of rotatable bonds is 6. The molecule has 0 aliphatic rings. The highest BCUT2D eigenvalue weighted by Gasteiger charge is 2.09. The first kappa shape index (κ1) is 18.0. The van der Waals surface area contributed by atoms with Crippen molar-refractivity contribution < 1.29 is 4.39 Å². The zero-order chi connectivity index (χ0) is 19.5. The summed E-state index contributed by atoms with van der Waals surface area (Å²) in [5.41, 5.74) is 1.91. The lowest BCUT2D eigenvalue weighted by Gasteiger charge is -2.07. The van der Waals surface area contributed by atoms with E-state index in [0.29, 0.717) is 29.8 Å². The SMILES string of the molecule is O=c1cc(CNc2ccccc2Cl)nc2nc(NCc3ccc(F)cc3)[nH]n12. The van der Waals surface area contributed by atoms with Crippen molar-refractivity contribution in [1.29, 1.82) is 0 Å². The van der Waals surface area contributed by atoms with Crippen molar-refractivity contribution in [3.05, 3.63) is 87.0 Å². The molecule has 0 aliphatic heterocycles. The smallest absolute Gasteiger partial charge is 0.274 e. The van der Waals surface area contributed by atoms with Crippen LogP contribution in [0, 0.1) is 5.82 Å². The molecule has 0 unspecified atom stereocenters. The van der Waals surface area contributed by atoms with E-state index in [1.54, 1.807) is 18.2 Å². The van der Waals surface area contributed by atoms with Crippen molar-refractivity contribution in [2.24, 2.45) is 0 Å². The van der Waals surface area contributed by atoms with Gasteiger partial charge in [-0.05, 0) is 29.8 Å². The Balaban J connectivity index is 1.49. The van der Waals surface area contributed by atoms with E-state index in [2.05, 4.69) is 25.7 Å². The number of halogens is 2. The summed E-state index contributed by atoms with van der Waals surface area (Å²) in [7, 11) is 0. The molecule has 3 N–H and O–H groups in total. The lowest BCUT2D eigenvalue weighted by atomic mass is 10.2. The predicted molar refractivity (Wildman–Crippen MR) is 106 cm³/mol. The fourth-order valence-corrected chi connectivity index (χ4v) is 2.88. The highest BCUT2D eigenvalue weighted by molar-refractivity contribution is 6.33. The summed E-state index contributed by atoms with van der Waals surface area (Å²) in [6.07, 6.45) is 0. The summed E-state index contributed by atoms with van der Waals surface area (Å²) in [6, 6.07) is 14.9. The fraction of sp³-hybridized carbons (Fsp3) is 0.105. The molecule has 4 rings (SSSR count). The molecule has 0 bridgehead atoms. The maximum atomic E-state index is 13.0. The molecule has 2 aromatic carbocycles. The van der Waals surface area contributed by atoms with Crippen LogP contribution in [0.2, 0.25) is 5.02 Å². The van der Waals surface area contributed by atoms with Gasteiger partial charge in [0, 0.05) is 12.6 Å². The third-order valence-electron chi connectivity index (χ3n) is 4.09. The van der Waals surface area contributed by atoms with E-state index in [0.717, 1.165) is 11.3 Å². The quantitative estimate of drug-likeness (QED) is 0.463. The molecule has 0 aliphatic carbocycles. The Labute approximate surface area is 164 Å². The van der Waals surface area contributed by atoms with Gasteiger partial charge in [-0.15, -0.1) is 0 Å². The van der Waals surface area contributed by atoms with Gasteiger partial charge in [0.1, 0.15) is 5.82 Å². The van der Waals surface area contributed by atoms with Gasteiger partial charge in [-0.3, -0.25) is 9.89 Å². The third kappa shape index (κ3) is 3.96. The number of H-pyrrole nitrogens is 1. The van der Waals surface area contributed by atoms with Crippen LogP contribution >= 0.6 is 11.6 Å². The number of aromatic amines is 1. The fourth-order valence-electron chi connectivity index (χ4n) is 2.68. The van der Waals surface area contributed by atoms with Crippen molar-refractivity contribution in [3.63, 3.8) is 0 Å². The van der Waals surface area contributed by atoms with Crippen molar-refractivity contribution in [2.45, 2.75) is 13.1 Å². The summed E-state index contributed by atoms with van der Waals surface area (Å²) in [6.45, 7) is 0.760. The van der Waals surface area contributed by atoms with Crippen LogP contribution in [0.25, 0.3) is 5.78 Å². The van der Waals surface area contributed by atoms with Crippen LogP contribution in [0.5, 0.6) is 0 Å². The Morgan fingerprint density at radius 1 is 1.04 bits per heavy atom. The molecule has 0 saturated carbocycles. The van der Waals surface area contributed by atoms with Gasteiger partial charge < -0.3 is 10.6 Å². The van der Waals surface area contributed by atoms with E-state index in [1.807, 2.05) is 18.2 Å². The standard InChI is InChI=1S/C19H16ClFN6O/c20-15-3-1-2-4-16(15)22-11-14-9-17(28)27-19(24-14)25-18(26-27)23-10-12-5-7-13(21)8-6-12/h1-9,22H,10-11H2,(H2,23,24,25,26). The molecule has 0 spiro atoms. The van der Waals surface area contributed by atoms with Crippen LogP contribution < -0.4 is 16.2 Å². The lowest BCUT2D eigenvalue weighted by Crippen LogP contribution is -2.17. The molecule has 0 atom stereocenters. The van der Waals surface area contributed by atoms with Crippen molar-refractivity contribution in [2.75, 3.05) is 10.6 Å². The van der Waals surface area contributed by atoms with Gasteiger partial charge in [0.05, 0.1) is 22.9 Å². The number of nitrogens with one attached hydrogen (secondary N) is 3. The average molecular weight is 399 g/mol. The zero-order valence-corrected chi connectivity index (χ0v) is 15.4. The molecule has 0 radical (unpaired) electrons. The molecule has 0 saturated heterocycles. The molecule has 28 heavy (non-hydrogen) atoms. The Bertz CT molecular complexity index is 1170. The van der Waals surface area contributed by atoms with Gasteiger partial charge in [-0.25, -0.2) is 9.37 Å². The Morgan fingerprint density at radius 3 is 2.61 bits per heavy atom. The second kappa shape index (κ2) is 7.69. The lowest BCUT2D eigenvalue weighted by molar-refractivity contribution is 0.627. The largest absolute Gasteiger partial charge is 0.378 e. The van der Waals surface area contributed by atoms with E-state index in [-0.39, 0.29) is 17.2 Å². The number of benzene rings is 2. The van der Waals surface area contributed by atoms with Gasteiger partial charge in [0.15, 0.2) is 0 Å². The summed E-state index contributed by atoms with van der Waals surface area (Å²) in [5, 5.41) is 9.66. The average Bonchev–Trinajstić information content (AvgIpc) is 3.11. The van der Waals surface area contributed by atoms with Crippen LogP contribution in [-0.2, 0) is 13.1 Å². The minimum atomic E-state index is -0.291. The summed E-state index contributed by atoms with van der Waals surface area (Å²) in [5.74, 6) is 0.358. The first-order valence-electron chi connectivity index (χ1n) is 8.54. The van der Waals surface area contributed by atoms with Crippen LogP contribution in [0.4, 0.5) is 16.0 Å². The van der Waals surface area contributed by atoms with E-state index >= 15 is 0 Å². The second-order valence-corrected chi connectivity index (χ2v) is 6.51. The normalized spacial score (nSPS) is 10.9. The summed E-state index contributed by atoms with van der Waals surface area (Å²) >= 11 is 6.12. The molecule has 2 heterocycles. The Hall–Kier alpha value is -3.39. The summed E-state index contributed by atoms with van der Waals surface area (Å²) < 4.78 is 14.2. The molecule has 7 nitrogen and oxygen atoms in total. The highest BCUT2D eigenvalue weighted by Crippen LogP contribution is 2.20. The minimum Gasteiger partial charge on any atom is -0.378 e. The second-order valence-electron chi connectivity index (χ2n) is 6.11. The number of hydrogen-bond donors (Lipinski definition) is 3. The number of hydrogen-bond acceptors (Lipinski definition) is 5. The Morgan fingerprint density at radius 2 is 1.82 bits per heavy atom. The first-order valence-corrected chi connectivity index (χ1v) is 8.92. The maximum absolute atomic E-state index is 13.0. The van der Waals surface area contributed by atoms with E-state index < -0.39 is 0 Å². The van der Waals surface area contributed by atoms with Crippen LogP contribution in [-0.4, -0.2) is 19.6 Å². The van der Waals surface area contributed by atoms with Crippen LogP contribution in [0.1, 0.15) is 11.3 Å². The van der Waals surface area contributed by atoms with Crippen molar-refractivity contribution in [3.8, 4) is 0 Å². The predicted octanol–water partition coefficient (Wildman–Crippen LogP) is 3.43. The molecular formula is C19H16ClFN6O. The molecule has 9 heteroatoms. The van der Waals surface area contributed by atoms with E-state index in [1.165, 1.54) is 22.7 Å². The van der Waals surface area contributed by atoms with E-state index in [4.69, 9.17) is 11.6 Å². The van der Waals surface area contributed by atoms with Gasteiger partial charge in [0.2, 0.25) is 5.95 Å². The Kier molecular flexibility index (Phi) is 4.94. The molecule has 142 valence electrons. The first-order chi connectivity index (χ1) is 13.6.